The Hall–Kier alpha value is -2.54. The van der Waals surface area contributed by atoms with E-state index in [2.05, 4.69) is 30.5 Å². The molecule has 7 nitrogen and oxygen atoms in total. The van der Waals surface area contributed by atoms with Gasteiger partial charge in [-0.05, 0) is 31.8 Å². The fourth-order valence-electron chi connectivity index (χ4n) is 1.72. The SMILES string of the molecule is CN(C)CCNc1cnc(C(=O)NCc2ccncc2)cn1. The van der Waals surface area contributed by atoms with Crippen molar-refractivity contribution in [3.8, 4) is 0 Å². The topological polar surface area (TPSA) is 83.0 Å². The van der Waals surface area contributed by atoms with E-state index < -0.39 is 0 Å². The van der Waals surface area contributed by atoms with Gasteiger partial charge >= 0.3 is 0 Å². The van der Waals surface area contributed by atoms with Crippen LogP contribution in [0, 0.1) is 0 Å². The molecular formula is C15H20N6O. The predicted octanol–water partition coefficient (Wildman–Crippen LogP) is 0.775. The molecule has 0 aliphatic rings. The highest BCUT2D eigenvalue weighted by molar-refractivity contribution is 5.91. The van der Waals surface area contributed by atoms with Gasteiger partial charge in [0.25, 0.3) is 5.91 Å². The molecule has 0 radical (unpaired) electrons. The van der Waals surface area contributed by atoms with Crippen LogP contribution in [-0.4, -0.2) is 52.9 Å². The summed E-state index contributed by atoms with van der Waals surface area (Å²) in [6.45, 7) is 2.11. The fraction of sp³-hybridized carbons (Fsp3) is 0.333. The van der Waals surface area contributed by atoms with Crippen molar-refractivity contribution in [1.29, 1.82) is 0 Å². The Balaban J connectivity index is 1.83. The van der Waals surface area contributed by atoms with Gasteiger partial charge in [0, 0.05) is 32.0 Å². The number of anilines is 1. The van der Waals surface area contributed by atoms with Gasteiger partial charge in [0.2, 0.25) is 0 Å². The molecule has 0 saturated heterocycles. The van der Waals surface area contributed by atoms with Gasteiger partial charge in [0.05, 0.1) is 12.4 Å². The van der Waals surface area contributed by atoms with E-state index in [0.29, 0.717) is 18.1 Å². The van der Waals surface area contributed by atoms with E-state index in [1.54, 1.807) is 18.6 Å². The third-order valence-corrected chi connectivity index (χ3v) is 2.95. The Morgan fingerprint density at radius 3 is 2.59 bits per heavy atom. The lowest BCUT2D eigenvalue weighted by Crippen LogP contribution is -2.24. The minimum absolute atomic E-state index is 0.246. The van der Waals surface area contributed by atoms with Crippen LogP contribution in [0.1, 0.15) is 16.1 Å². The number of pyridine rings is 1. The first-order chi connectivity index (χ1) is 10.6. The summed E-state index contributed by atoms with van der Waals surface area (Å²) in [6.07, 6.45) is 6.42. The molecule has 2 heterocycles. The number of likely N-dealkylation sites (N-methyl/N-ethyl adjacent to an activating group) is 1. The smallest absolute Gasteiger partial charge is 0.271 e. The van der Waals surface area contributed by atoms with Gasteiger partial charge in [-0.2, -0.15) is 0 Å². The molecule has 0 bridgehead atoms. The second kappa shape index (κ2) is 8.04. The Morgan fingerprint density at radius 1 is 1.18 bits per heavy atom. The van der Waals surface area contributed by atoms with Crippen molar-refractivity contribution < 1.29 is 4.79 Å². The fourth-order valence-corrected chi connectivity index (χ4v) is 1.72. The highest BCUT2D eigenvalue weighted by atomic mass is 16.1. The largest absolute Gasteiger partial charge is 0.368 e. The Kier molecular flexibility index (Phi) is 5.79. The summed E-state index contributed by atoms with van der Waals surface area (Å²) in [5, 5.41) is 5.94. The standard InChI is InChI=1S/C15H20N6O/c1-21(2)8-7-17-14-11-18-13(10-19-14)15(22)20-9-12-3-5-16-6-4-12/h3-6,10-11H,7-9H2,1-2H3,(H,17,19)(H,20,22). The van der Waals surface area contributed by atoms with Crippen LogP contribution >= 0.6 is 0 Å². The summed E-state index contributed by atoms with van der Waals surface area (Å²) in [7, 11) is 4.01. The highest BCUT2D eigenvalue weighted by Gasteiger charge is 2.07. The Bertz CT molecular complexity index is 585. The van der Waals surface area contributed by atoms with Crippen LogP contribution in [0.2, 0.25) is 0 Å². The summed E-state index contributed by atoms with van der Waals surface area (Å²) in [6, 6.07) is 3.70. The van der Waals surface area contributed by atoms with E-state index in [9.17, 15) is 4.79 Å². The summed E-state index contributed by atoms with van der Waals surface area (Å²) in [5.74, 6) is 0.414. The van der Waals surface area contributed by atoms with E-state index in [-0.39, 0.29) is 5.91 Å². The van der Waals surface area contributed by atoms with Crippen molar-refractivity contribution in [3.05, 3.63) is 48.2 Å². The number of carbonyl (C=O) groups excluding carboxylic acids is 1. The molecule has 2 rings (SSSR count). The molecule has 7 heteroatoms. The predicted molar refractivity (Wildman–Crippen MR) is 84.5 cm³/mol. The van der Waals surface area contributed by atoms with E-state index in [1.165, 1.54) is 6.20 Å². The van der Waals surface area contributed by atoms with Crippen LogP contribution in [-0.2, 0) is 6.54 Å². The van der Waals surface area contributed by atoms with E-state index in [4.69, 9.17) is 0 Å². The molecule has 0 saturated carbocycles. The summed E-state index contributed by atoms with van der Waals surface area (Å²) < 4.78 is 0. The van der Waals surface area contributed by atoms with Crippen molar-refractivity contribution in [2.75, 3.05) is 32.5 Å². The van der Waals surface area contributed by atoms with Gasteiger partial charge < -0.3 is 15.5 Å². The first kappa shape index (κ1) is 15.8. The van der Waals surface area contributed by atoms with E-state index in [1.807, 2.05) is 26.2 Å². The van der Waals surface area contributed by atoms with Crippen LogP contribution in [0.25, 0.3) is 0 Å². The number of hydrogen-bond acceptors (Lipinski definition) is 6. The normalized spacial score (nSPS) is 10.5. The average molecular weight is 300 g/mol. The quantitative estimate of drug-likeness (QED) is 0.786. The van der Waals surface area contributed by atoms with Gasteiger partial charge in [-0.15, -0.1) is 0 Å². The summed E-state index contributed by atoms with van der Waals surface area (Å²) >= 11 is 0. The minimum atomic E-state index is -0.246. The van der Waals surface area contributed by atoms with Crippen LogP contribution in [0.3, 0.4) is 0 Å². The number of rotatable bonds is 7. The number of nitrogens with one attached hydrogen (secondary N) is 2. The molecule has 0 spiro atoms. The summed E-state index contributed by atoms with van der Waals surface area (Å²) in [4.78, 5) is 26.3. The number of carbonyl (C=O) groups is 1. The maximum atomic E-state index is 12.0. The molecule has 0 aromatic carbocycles. The molecule has 2 aromatic rings. The van der Waals surface area contributed by atoms with Gasteiger partial charge in [-0.25, -0.2) is 9.97 Å². The lowest BCUT2D eigenvalue weighted by molar-refractivity contribution is 0.0945. The monoisotopic (exact) mass is 300 g/mol. The van der Waals surface area contributed by atoms with Gasteiger partial charge in [-0.1, -0.05) is 0 Å². The molecule has 0 aliphatic carbocycles. The van der Waals surface area contributed by atoms with Crippen LogP contribution < -0.4 is 10.6 Å². The van der Waals surface area contributed by atoms with Crippen molar-refractivity contribution >= 4 is 11.7 Å². The lowest BCUT2D eigenvalue weighted by atomic mass is 10.2. The zero-order valence-corrected chi connectivity index (χ0v) is 12.8. The van der Waals surface area contributed by atoms with Gasteiger partial charge in [0.1, 0.15) is 11.5 Å². The van der Waals surface area contributed by atoms with Crippen LogP contribution in [0.5, 0.6) is 0 Å². The third kappa shape index (κ3) is 5.10. The maximum Gasteiger partial charge on any atom is 0.271 e. The van der Waals surface area contributed by atoms with Crippen molar-refractivity contribution in [1.82, 2.24) is 25.2 Å². The first-order valence-electron chi connectivity index (χ1n) is 7.03. The zero-order valence-electron chi connectivity index (χ0n) is 12.8. The number of hydrogen-bond donors (Lipinski definition) is 2. The molecule has 0 atom stereocenters. The van der Waals surface area contributed by atoms with E-state index in [0.717, 1.165) is 18.7 Å². The molecular weight excluding hydrogens is 280 g/mol. The molecule has 2 N–H and O–H groups in total. The maximum absolute atomic E-state index is 12.0. The number of aromatic nitrogens is 3. The highest BCUT2D eigenvalue weighted by Crippen LogP contribution is 2.02. The number of amides is 1. The molecule has 116 valence electrons. The minimum Gasteiger partial charge on any atom is -0.368 e. The second-order valence-corrected chi connectivity index (χ2v) is 5.06. The second-order valence-electron chi connectivity index (χ2n) is 5.06. The molecule has 0 aliphatic heterocycles. The third-order valence-electron chi connectivity index (χ3n) is 2.95. The number of nitrogens with zero attached hydrogens (tertiary/aromatic N) is 4. The summed E-state index contributed by atoms with van der Waals surface area (Å²) in [5.41, 5.74) is 1.28. The molecule has 1 amide bonds. The van der Waals surface area contributed by atoms with Crippen molar-refractivity contribution in [3.63, 3.8) is 0 Å². The lowest BCUT2D eigenvalue weighted by Gasteiger charge is -2.10. The molecule has 22 heavy (non-hydrogen) atoms. The average Bonchev–Trinajstić information content (AvgIpc) is 2.54. The van der Waals surface area contributed by atoms with Crippen molar-refractivity contribution in [2.45, 2.75) is 6.54 Å². The molecule has 0 fully saturated rings. The van der Waals surface area contributed by atoms with Crippen LogP contribution in [0.4, 0.5) is 5.82 Å². The Labute approximate surface area is 129 Å². The van der Waals surface area contributed by atoms with Gasteiger partial charge in [0.15, 0.2) is 0 Å². The van der Waals surface area contributed by atoms with E-state index >= 15 is 0 Å². The zero-order chi connectivity index (χ0) is 15.8. The molecule has 0 unspecified atom stereocenters. The molecule has 2 aromatic heterocycles. The van der Waals surface area contributed by atoms with Gasteiger partial charge in [-0.3, -0.25) is 9.78 Å². The van der Waals surface area contributed by atoms with Crippen molar-refractivity contribution in [2.24, 2.45) is 0 Å². The Morgan fingerprint density at radius 2 is 1.95 bits per heavy atom. The first-order valence-corrected chi connectivity index (χ1v) is 7.03. The van der Waals surface area contributed by atoms with Crippen LogP contribution in [0.15, 0.2) is 36.9 Å².